The van der Waals surface area contributed by atoms with Crippen molar-refractivity contribution in [3.8, 4) is 0 Å². The summed E-state index contributed by atoms with van der Waals surface area (Å²) in [5.74, 6) is -0.324. The number of nitrogens with one attached hydrogen (secondary N) is 1. The van der Waals surface area contributed by atoms with Gasteiger partial charge >= 0.3 is 0 Å². The first kappa shape index (κ1) is 22.9. The second-order valence-electron chi connectivity index (χ2n) is 7.42. The van der Waals surface area contributed by atoms with E-state index in [1.54, 1.807) is 29.2 Å². The lowest BCUT2D eigenvalue weighted by Crippen LogP contribution is -2.48. The Morgan fingerprint density at radius 1 is 1.03 bits per heavy atom. The fraction of sp³-hybridized carbons (Fsp3) is 0.364. The average molecular weight is 418 g/mol. The van der Waals surface area contributed by atoms with Crippen molar-refractivity contribution in [2.45, 2.75) is 39.0 Å². The van der Waals surface area contributed by atoms with E-state index >= 15 is 0 Å². The second-order valence-corrected chi connectivity index (χ2v) is 7.42. The number of hydrogen-bond acceptors (Lipinski definition) is 4. The highest BCUT2D eigenvalue weighted by Crippen LogP contribution is 2.18. The molecule has 2 amide bonds. The van der Waals surface area contributed by atoms with E-state index in [0.717, 1.165) is 11.1 Å². The highest BCUT2D eigenvalue weighted by molar-refractivity contribution is 5.97. The highest BCUT2D eigenvalue weighted by Gasteiger charge is 2.26. The van der Waals surface area contributed by atoms with Gasteiger partial charge in [0.15, 0.2) is 0 Å². The molecule has 2 aromatic rings. The van der Waals surface area contributed by atoms with Gasteiger partial charge in [0.2, 0.25) is 5.91 Å². The predicted molar refractivity (Wildman–Crippen MR) is 116 cm³/mol. The number of halogens is 1. The summed E-state index contributed by atoms with van der Waals surface area (Å²) in [6.45, 7) is 7.06. The normalized spacial score (nSPS) is 19.8. The van der Waals surface area contributed by atoms with Gasteiger partial charge in [0, 0.05) is 24.3 Å². The lowest BCUT2D eigenvalue weighted by Gasteiger charge is -2.35. The van der Waals surface area contributed by atoms with Crippen LogP contribution in [-0.2, 0) is 9.53 Å². The highest BCUT2D eigenvalue weighted by atomic mass is 35.5. The molecule has 0 radical (unpaired) electrons. The Kier molecular flexibility index (Phi) is 7.79. The van der Waals surface area contributed by atoms with Crippen molar-refractivity contribution in [2.24, 2.45) is 5.73 Å². The third-order valence-electron chi connectivity index (χ3n) is 4.83. The van der Waals surface area contributed by atoms with Crippen molar-refractivity contribution in [3.63, 3.8) is 0 Å². The van der Waals surface area contributed by atoms with Crippen molar-refractivity contribution in [3.05, 3.63) is 65.2 Å². The third kappa shape index (κ3) is 5.79. The molecule has 3 N–H and O–H groups in total. The van der Waals surface area contributed by atoms with Gasteiger partial charge < -0.3 is 20.7 Å². The first-order chi connectivity index (χ1) is 13.3. The van der Waals surface area contributed by atoms with Crippen LogP contribution < -0.4 is 11.1 Å². The minimum Gasteiger partial charge on any atom is -0.372 e. The number of nitrogens with two attached hydrogens (primary N) is 1. The predicted octanol–water partition coefficient (Wildman–Crippen LogP) is 3.30. The molecule has 1 heterocycles. The van der Waals surface area contributed by atoms with E-state index in [9.17, 15) is 9.59 Å². The SMILES string of the molecule is Cc1ccc(C(N)C(=O)Nc2ccc(C(=O)N3CC(C)OC(C)C3)cc2)cc1.Cl. The van der Waals surface area contributed by atoms with Crippen LogP contribution in [0.1, 0.15) is 41.4 Å². The summed E-state index contributed by atoms with van der Waals surface area (Å²) in [6, 6.07) is 13.7. The molecule has 7 heteroatoms. The number of benzene rings is 2. The van der Waals surface area contributed by atoms with Crippen molar-refractivity contribution < 1.29 is 14.3 Å². The van der Waals surface area contributed by atoms with Gasteiger partial charge in [-0.25, -0.2) is 0 Å². The van der Waals surface area contributed by atoms with E-state index in [0.29, 0.717) is 24.3 Å². The van der Waals surface area contributed by atoms with Gasteiger partial charge in [-0.1, -0.05) is 29.8 Å². The molecule has 3 unspecified atom stereocenters. The Morgan fingerprint density at radius 2 is 1.59 bits per heavy atom. The number of aryl methyl sites for hydroxylation is 1. The van der Waals surface area contributed by atoms with Crippen LogP contribution in [0, 0.1) is 6.92 Å². The van der Waals surface area contributed by atoms with Gasteiger partial charge in [0.1, 0.15) is 6.04 Å². The Balaban J connectivity index is 0.00000300. The molecular weight excluding hydrogens is 390 g/mol. The van der Waals surface area contributed by atoms with Crippen molar-refractivity contribution in [1.29, 1.82) is 0 Å². The molecule has 156 valence electrons. The summed E-state index contributed by atoms with van der Waals surface area (Å²) in [5, 5.41) is 2.81. The number of ether oxygens (including phenoxy) is 1. The summed E-state index contributed by atoms with van der Waals surface area (Å²) < 4.78 is 5.68. The van der Waals surface area contributed by atoms with E-state index in [4.69, 9.17) is 10.5 Å². The summed E-state index contributed by atoms with van der Waals surface area (Å²) in [7, 11) is 0. The molecule has 2 aromatic carbocycles. The van der Waals surface area contributed by atoms with E-state index in [1.807, 2.05) is 45.0 Å². The maximum atomic E-state index is 12.7. The van der Waals surface area contributed by atoms with E-state index < -0.39 is 6.04 Å². The van der Waals surface area contributed by atoms with E-state index in [1.165, 1.54) is 0 Å². The Bertz CT molecular complexity index is 829. The molecular formula is C22H28ClN3O3. The van der Waals surface area contributed by atoms with Crippen molar-refractivity contribution in [1.82, 2.24) is 4.90 Å². The number of anilines is 1. The molecule has 1 fully saturated rings. The maximum absolute atomic E-state index is 12.7. The van der Waals surface area contributed by atoms with Gasteiger partial charge in [0.25, 0.3) is 5.91 Å². The first-order valence-electron chi connectivity index (χ1n) is 9.51. The van der Waals surface area contributed by atoms with E-state index in [-0.39, 0.29) is 36.4 Å². The van der Waals surface area contributed by atoms with Gasteiger partial charge in [-0.3, -0.25) is 9.59 Å². The van der Waals surface area contributed by atoms with Crippen LogP contribution >= 0.6 is 12.4 Å². The zero-order chi connectivity index (χ0) is 20.3. The lowest BCUT2D eigenvalue weighted by molar-refractivity contribution is -0.117. The molecule has 6 nitrogen and oxygen atoms in total. The monoisotopic (exact) mass is 417 g/mol. The molecule has 1 saturated heterocycles. The fourth-order valence-corrected chi connectivity index (χ4v) is 3.37. The fourth-order valence-electron chi connectivity index (χ4n) is 3.37. The second kappa shape index (κ2) is 9.87. The molecule has 0 spiro atoms. The Morgan fingerprint density at radius 3 is 2.14 bits per heavy atom. The minimum absolute atomic E-state index is 0. The molecule has 3 rings (SSSR count). The smallest absolute Gasteiger partial charge is 0.254 e. The standard InChI is InChI=1S/C22H27N3O3.ClH/c1-14-4-6-17(7-5-14)20(23)21(26)24-19-10-8-18(9-11-19)22(27)25-12-15(2)28-16(3)13-25;/h4-11,15-16,20H,12-13,23H2,1-3H3,(H,24,26);1H. The minimum atomic E-state index is -0.752. The molecule has 0 bridgehead atoms. The molecule has 0 aliphatic carbocycles. The third-order valence-corrected chi connectivity index (χ3v) is 4.83. The summed E-state index contributed by atoms with van der Waals surface area (Å²) in [5.41, 5.74) is 9.11. The topological polar surface area (TPSA) is 84.7 Å². The molecule has 1 aliphatic rings. The summed E-state index contributed by atoms with van der Waals surface area (Å²) in [4.78, 5) is 26.9. The Hall–Kier alpha value is -2.41. The van der Waals surface area contributed by atoms with Crippen molar-refractivity contribution in [2.75, 3.05) is 18.4 Å². The Labute approximate surface area is 177 Å². The number of carbonyl (C=O) groups excluding carboxylic acids is 2. The molecule has 0 saturated carbocycles. The number of nitrogens with zero attached hydrogens (tertiary/aromatic N) is 1. The molecule has 0 aromatic heterocycles. The van der Waals surface area contributed by atoms with Crippen LogP contribution in [0.3, 0.4) is 0 Å². The van der Waals surface area contributed by atoms with Crippen LogP contribution in [0.2, 0.25) is 0 Å². The number of carbonyl (C=O) groups is 2. The van der Waals surface area contributed by atoms with Gasteiger partial charge in [-0.2, -0.15) is 0 Å². The zero-order valence-corrected chi connectivity index (χ0v) is 17.7. The number of morpholine rings is 1. The van der Waals surface area contributed by atoms with Crippen LogP contribution in [0.4, 0.5) is 5.69 Å². The number of rotatable bonds is 4. The van der Waals surface area contributed by atoms with Gasteiger partial charge in [-0.15, -0.1) is 12.4 Å². The zero-order valence-electron chi connectivity index (χ0n) is 16.9. The lowest BCUT2D eigenvalue weighted by atomic mass is 10.1. The van der Waals surface area contributed by atoms with Gasteiger partial charge in [-0.05, 0) is 50.6 Å². The maximum Gasteiger partial charge on any atom is 0.254 e. The van der Waals surface area contributed by atoms with Crippen LogP contribution in [0.25, 0.3) is 0 Å². The average Bonchev–Trinajstić information content (AvgIpc) is 2.67. The van der Waals surface area contributed by atoms with Gasteiger partial charge in [0.05, 0.1) is 12.2 Å². The summed E-state index contributed by atoms with van der Waals surface area (Å²) >= 11 is 0. The van der Waals surface area contributed by atoms with Crippen molar-refractivity contribution >= 4 is 29.9 Å². The molecule has 3 atom stereocenters. The van der Waals surface area contributed by atoms with Crippen LogP contribution in [0.15, 0.2) is 48.5 Å². The van der Waals surface area contributed by atoms with Crippen LogP contribution in [0.5, 0.6) is 0 Å². The van der Waals surface area contributed by atoms with E-state index in [2.05, 4.69) is 5.32 Å². The van der Waals surface area contributed by atoms with Crippen LogP contribution in [-0.4, -0.2) is 42.0 Å². The summed E-state index contributed by atoms with van der Waals surface area (Å²) in [6.07, 6.45) is 0.0454. The number of hydrogen-bond donors (Lipinski definition) is 2. The molecule has 29 heavy (non-hydrogen) atoms. The first-order valence-corrected chi connectivity index (χ1v) is 9.51. The number of amides is 2. The largest absolute Gasteiger partial charge is 0.372 e. The molecule has 1 aliphatic heterocycles. The quantitative estimate of drug-likeness (QED) is 0.799.